The average Bonchev–Trinajstić information content (AvgIpc) is 3.20. The minimum Gasteiger partial charge on any atom is -0.331 e. The van der Waals surface area contributed by atoms with Gasteiger partial charge in [0, 0.05) is 32.3 Å². The molecule has 7 nitrogen and oxygen atoms in total. The van der Waals surface area contributed by atoms with Crippen molar-refractivity contribution in [1.29, 1.82) is 0 Å². The predicted octanol–water partition coefficient (Wildman–Crippen LogP) is 4.91. The van der Waals surface area contributed by atoms with E-state index >= 15 is 0 Å². The number of rotatable bonds is 8. The van der Waals surface area contributed by atoms with Crippen molar-refractivity contribution in [2.24, 2.45) is 0 Å². The van der Waals surface area contributed by atoms with Crippen LogP contribution in [0, 0.1) is 0 Å². The minimum absolute atomic E-state index is 0.0502. The molecule has 0 fully saturated rings. The second kappa shape index (κ2) is 10.8. The molecule has 0 aliphatic heterocycles. The number of halogens is 1. The van der Waals surface area contributed by atoms with Gasteiger partial charge in [-0.1, -0.05) is 67.4 Å². The molecule has 0 atom stereocenters. The highest BCUT2D eigenvalue weighted by Crippen LogP contribution is 2.28. The van der Waals surface area contributed by atoms with Crippen molar-refractivity contribution >= 4 is 29.4 Å². The molecule has 168 valence electrons. The molecule has 0 saturated heterocycles. The van der Waals surface area contributed by atoms with Crippen LogP contribution in [0.4, 0.5) is 10.6 Å². The van der Waals surface area contributed by atoms with Gasteiger partial charge in [-0.25, -0.2) is 9.48 Å². The van der Waals surface area contributed by atoms with Crippen LogP contribution < -0.4 is 5.32 Å². The van der Waals surface area contributed by atoms with Gasteiger partial charge in [-0.3, -0.25) is 4.79 Å². The Kier molecular flexibility index (Phi) is 7.89. The summed E-state index contributed by atoms with van der Waals surface area (Å²) in [5, 5.41) is 8.12. The van der Waals surface area contributed by atoms with Crippen LogP contribution in [-0.2, 0) is 4.79 Å². The normalized spacial score (nSPS) is 10.6. The number of nitrogens with one attached hydrogen (secondary N) is 1. The molecular weight excluding hydrogens is 426 g/mol. The number of hydrogen-bond acceptors (Lipinski definition) is 3. The molecule has 1 heterocycles. The predicted molar refractivity (Wildman–Crippen MR) is 128 cm³/mol. The van der Waals surface area contributed by atoms with E-state index in [4.69, 9.17) is 11.6 Å². The fourth-order valence-electron chi connectivity index (χ4n) is 3.26. The first-order valence-corrected chi connectivity index (χ1v) is 10.9. The molecule has 0 radical (unpaired) electrons. The van der Waals surface area contributed by atoms with Gasteiger partial charge < -0.3 is 15.1 Å². The number of unbranched alkanes of at least 4 members (excludes halogenated alkanes) is 1. The van der Waals surface area contributed by atoms with E-state index < -0.39 is 0 Å². The summed E-state index contributed by atoms with van der Waals surface area (Å²) in [7, 11) is 3.36. The third-order valence-electron chi connectivity index (χ3n) is 4.90. The summed E-state index contributed by atoms with van der Waals surface area (Å²) in [6, 6.07) is 18.6. The Morgan fingerprint density at radius 1 is 1.06 bits per heavy atom. The maximum absolute atomic E-state index is 12.9. The van der Waals surface area contributed by atoms with E-state index in [0.29, 0.717) is 28.8 Å². The Labute approximate surface area is 193 Å². The summed E-state index contributed by atoms with van der Waals surface area (Å²) in [6.07, 6.45) is 1.75. The third-order valence-corrected chi connectivity index (χ3v) is 5.22. The Balaban J connectivity index is 1.90. The van der Waals surface area contributed by atoms with Crippen LogP contribution in [0.2, 0.25) is 5.02 Å². The highest BCUT2D eigenvalue weighted by atomic mass is 35.5. The van der Waals surface area contributed by atoms with Crippen LogP contribution in [-0.4, -0.2) is 58.7 Å². The van der Waals surface area contributed by atoms with Crippen LogP contribution in [0.25, 0.3) is 16.9 Å². The van der Waals surface area contributed by atoms with E-state index in [9.17, 15) is 9.59 Å². The molecular formula is C24H28ClN5O2. The molecule has 1 N–H and O–H groups in total. The second-order valence-electron chi connectivity index (χ2n) is 7.64. The highest BCUT2D eigenvalue weighted by Gasteiger charge is 2.20. The van der Waals surface area contributed by atoms with Gasteiger partial charge in [0.05, 0.1) is 16.4 Å². The van der Waals surface area contributed by atoms with E-state index in [0.717, 1.165) is 18.4 Å². The van der Waals surface area contributed by atoms with Crippen molar-refractivity contribution in [2.45, 2.75) is 19.8 Å². The van der Waals surface area contributed by atoms with Crippen molar-refractivity contribution in [1.82, 2.24) is 19.6 Å². The first-order chi connectivity index (χ1) is 15.4. The molecule has 1 aromatic heterocycles. The molecule has 0 bridgehead atoms. The van der Waals surface area contributed by atoms with Crippen molar-refractivity contribution in [3.05, 3.63) is 65.7 Å². The van der Waals surface area contributed by atoms with Gasteiger partial charge in [-0.15, -0.1) is 0 Å². The lowest BCUT2D eigenvalue weighted by Gasteiger charge is -2.25. The molecule has 0 unspecified atom stereocenters. The smallest absolute Gasteiger partial charge is 0.319 e. The fourth-order valence-corrected chi connectivity index (χ4v) is 3.47. The van der Waals surface area contributed by atoms with Gasteiger partial charge >= 0.3 is 6.03 Å². The first-order valence-electron chi connectivity index (χ1n) is 10.6. The van der Waals surface area contributed by atoms with E-state index in [2.05, 4.69) is 10.4 Å². The van der Waals surface area contributed by atoms with Gasteiger partial charge in [0.15, 0.2) is 0 Å². The quantitative estimate of drug-likeness (QED) is 0.526. The van der Waals surface area contributed by atoms with E-state index in [1.807, 2.05) is 55.5 Å². The molecule has 32 heavy (non-hydrogen) atoms. The Morgan fingerprint density at radius 3 is 2.41 bits per heavy atom. The van der Waals surface area contributed by atoms with Crippen LogP contribution >= 0.6 is 11.6 Å². The first kappa shape index (κ1) is 23.3. The Morgan fingerprint density at radius 2 is 1.75 bits per heavy atom. The summed E-state index contributed by atoms with van der Waals surface area (Å²) in [4.78, 5) is 28.5. The Bertz CT molecular complexity index is 1070. The van der Waals surface area contributed by atoms with Crippen LogP contribution in [0.5, 0.6) is 0 Å². The molecule has 3 amide bonds. The van der Waals surface area contributed by atoms with E-state index in [1.165, 1.54) is 4.90 Å². The van der Waals surface area contributed by atoms with Gasteiger partial charge in [0.2, 0.25) is 5.91 Å². The maximum Gasteiger partial charge on any atom is 0.319 e. The molecule has 0 aliphatic rings. The van der Waals surface area contributed by atoms with Crippen molar-refractivity contribution in [2.75, 3.05) is 32.5 Å². The molecule has 8 heteroatoms. The monoisotopic (exact) mass is 453 g/mol. The van der Waals surface area contributed by atoms with Gasteiger partial charge in [0.1, 0.15) is 12.4 Å². The summed E-state index contributed by atoms with van der Waals surface area (Å²) >= 11 is 6.41. The average molecular weight is 454 g/mol. The van der Waals surface area contributed by atoms with Crippen molar-refractivity contribution < 1.29 is 9.59 Å². The topological polar surface area (TPSA) is 70.5 Å². The molecule has 3 rings (SSSR count). The number of anilines is 1. The molecule has 0 spiro atoms. The lowest BCUT2D eigenvalue weighted by molar-refractivity contribution is -0.116. The molecule has 0 aliphatic carbocycles. The number of carbonyl (C=O) groups excluding carboxylic acids is 2. The van der Waals surface area contributed by atoms with Crippen molar-refractivity contribution in [3.63, 3.8) is 0 Å². The standard InChI is InChI=1S/C24H28ClN5O2/c1-4-5-15-29(24(32)28(2)3)17-23(31)26-22-16-20(18-11-7-6-8-12-18)27-30(22)21-14-10-9-13-19(21)25/h6-14,16H,4-5,15,17H2,1-3H3,(H,26,31). The zero-order valence-electron chi connectivity index (χ0n) is 18.6. The highest BCUT2D eigenvalue weighted by molar-refractivity contribution is 6.32. The summed E-state index contributed by atoms with van der Waals surface area (Å²) in [5.74, 6) is 0.179. The third kappa shape index (κ3) is 5.68. The number of hydrogen-bond donors (Lipinski definition) is 1. The largest absolute Gasteiger partial charge is 0.331 e. The van der Waals surface area contributed by atoms with Crippen LogP contribution in [0.3, 0.4) is 0 Å². The molecule has 3 aromatic rings. The SMILES string of the molecule is CCCCN(CC(=O)Nc1cc(-c2ccccc2)nn1-c1ccccc1Cl)C(=O)N(C)C. The number of aromatic nitrogens is 2. The van der Waals surface area contributed by atoms with Gasteiger partial charge in [-0.2, -0.15) is 5.10 Å². The minimum atomic E-state index is -0.302. The molecule has 2 aromatic carbocycles. The molecule has 0 saturated carbocycles. The lowest BCUT2D eigenvalue weighted by atomic mass is 10.1. The Hall–Kier alpha value is -3.32. The van der Waals surface area contributed by atoms with Gasteiger partial charge in [0.25, 0.3) is 0 Å². The van der Waals surface area contributed by atoms with E-state index in [-0.39, 0.29) is 18.5 Å². The second-order valence-corrected chi connectivity index (χ2v) is 8.05. The van der Waals surface area contributed by atoms with Crippen LogP contribution in [0.1, 0.15) is 19.8 Å². The maximum atomic E-state index is 12.9. The number of para-hydroxylation sites is 1. The number of benzene rings is 2. The summed E-state index contributed by atoms with van der Waals surface area (Å²) in [6.45, 7) is 2.51. The van der Waals surface area contributed by atoms with Gasteiger partial charge in [-0.05, 0) is 18.6 Å². The number of carbonyl (C=O) groups is 2. The fraction of sp³-hybridized carbons (Fsp3) is 0.292. The summed E-state index contributed by atoms with van der Waals surface area (Å²) in [5.41, 5.74) is 2.27. The zero-order chi connectivity index (χ0) is 23.1. The lowest BCUT2D eigenvalue weighted by Crippen LogP contribution is -2.44. The number of urea groups is 1. The van der Waals surface area contributed by atoms with Crippen LogP contribution in [0.15, 0.2) is 60.7 Å². The number of nitrogens with zero attached hydrogens (tertiary/aromatic N) is 4. The van der Waals surface area contributed by atoms with Crippen molar-refractivity contribution in [3.8, 4) is 16.9 Å². The van der Waals surface area contributed by atoms with E-state index in [1.54, 1.807) is 35.8 Å². The zero-order valence-corrected chi connectivity index (χ0v) is 19.3. The number of amides is 3. The summed E-state index contributed by atoms with van der Waals surface area (Å²) < 4.78 is 1.62.